The summed E-state index contributed by atoms with van der Waals surface area (Å²) in [5.74, 6) is -0.282. The number of benzene rings is 1. The van der Waals surface area contributed by atoms with Crippen LogP contribution in [0.4, 0.5) is 0 Å². The summed E-state index contributed by atoms with van der Waals surface area (Å²) in [6.07, 6.45) is 0.624. The molecule has 1 aromatic rings. The van der Waals surface area contributed by atoms with Crippen LogP contribution in [0.3, 0.4) is 0 Å². The monoisotopic (exact) mass is 270 g/mol. The zero-order valence-electron chi connectivity index (χ0n) is 10.7. The molecule has 2 unspecified atom stereocenters. The second-order valence-corrected chi connectivity index (χ2v) is 4.67. The van der Waals surface area contributed by atoms with Gasteiger partial charge in [-0.3, -0.25) is 4.79 Å². The molecular formula is C14H19ClO3. The van der Waals surface area contributed by atoms with Gasteiger partial charge >= 0.3 is 5.97 Å². The maximum Gasteiger partial charge on any atom is 0.306 e. The van der Waals surface area contributed by atoms with E-state index < -0.39 is 12.2 Å². The van der Waals surface area contributed by atoms with Gasteiger partial charge in [0, 0.05) is 17.0 Å². The molecule has 0 aromatic heterocycles. The lowest BCUT2D eigenvalue weighted by molar-refractivity contribution is -0.154. The van der Waals surface area contributed by atoms with Crippen molar-refractivity contribution >= 4 is 17.6 Å². The van der Waals surface area contributed by atoms with Crippen molar-refractivity contribution in [2.75, 3.05) is 0 Å². The van der Waals surface area contributed by atoms with Gasteiger partial charge in [-0.05, 0) is 19.4 Å². The molecule has 0 aliphatic carbocycles. The van der Waals surface area contributed by atoms with Gasteiger partial charge in [0.25, 0.3) is 0 Å². The molecule has 1 rings (SSSR count). The fourth-order valence-corrected chi connectivity index (χ4v) is 1.87. The van der Waals surface area contributed by atoms with Crippen LogP contribution < -0.4 is 0 Å². The number of esters is 1. The first-order chi connectivity index (χ1) is 8.56. The SMILES string of the molecule is CCCCC(=O)OC(C)C(O)c1ccccc1Cl. The highest BCUT2D eigenvalue weighted by Gasteiger charge is 2.21. The standard InChI is InChI=1S/C14H19ClO3/c1-3-4-9-13(16)18-10(2)14(17)11-7-5-6-8-12(11)15/h5-8,10,14,17H,3-4,9H2,1-2H3. The number of halogens is 1. The van der Waals surface area contributed by atoms with Gasteiger partial charge in [-0.25, -0.2) is 0 Å². The molecule has 1 N–H and O–H groups in total. The van der Waals surface area contributed by atoms with Crippen molar-refractivity contribution in [3.63, 3.8) is 0 Å². The first kappa shape index (κ1) is 15.0. The summed E-state index contributed by atoms with van der Waals surface area (Å²) in [4.78, 5) is 11.5. The highest BCUT2D eigenvalue weighted by atomic mass is 35.5. The van der Waals surface area contributed by atoms with Gasteiger partial charge in [0.1, 0.15) is 12.2 Å². The molecule has 0 heterocycles. The van der Waals surface area contributed by atoms with Crippen molar-refractivity contribution in [2.45, 2.75) is 45.3 Å². The Labute approximate surface area is 113 Å². The average Bonchev–Trinajstić information content (AvgIpc) is 2.36. The molecule has 0 amide bonds. The molecular weight excluding hydrogens is 252 g/mol. The van der Waals surface area contributed by atoms with Crippen molar-refractivity contribution in [1.82, 2.24) is 0 Å². The van der Waals surface area contributed by atoms with E-state index in [1.807, 2.05) is 6.92 Å². The second kappa shape index (κ2) is 7.39. The Morgan fingerprint density at radius 1 is 1.44 bits per heavy atom. The van der Waals surface area contributed by atoms with E-state index in [0.29, 0.717) is 17.0 Å². The topological polar surface area (TPSA) is 46.5 Å². The van der Waals surface area contributed by atoms with Crippen molar-refractivity contribution in [3.05, 3.63) is 34.9 Å². The minimum atomic E-state index is -0.899. The normalized spacial score (nSPS) is 14.0. The number of unbranched alkanes of at least 4 members (excludes halogenated alkanes) is 1. The quantitative estimate of drug-likeness (QED) is 0.805. The summed E-state index contributed by atoms with van der Waals surface area (Å²) in [7, 11) is 0. The predicted molar refractivity (Wildman–Crippen MR) is 71.5 cm³/mol. The van der Waals surface area contributed by atoms with Gasteiger partial charge in [0.15, 0.2) is 0 Å². The number of aliphatic hydroxyl groups is 1. The Kier molecular flexibility index (Phi) is 6.16. The van der Waals surface area contributed by atoms with E-state index in [0.717, 1.165) is 12.8 Å². The number of hydrogen-bond acceptors (Lipinski definition) is 3. The maximum atomic E-state index is 11.5. The molecule has 18 heavy (non-hydrogen) atoms. The number of carbonyl (C=O) groups is 1. The van der Waals surface area contributed by atoms with Crippen LogP contribution in [0.25, 0.3) is 0 Å². The summed E-state index contributed by atoms with van der Waals surface area (Å²) in [5.41, 5.74) is 0.579. The van der Waals surface area contributed by atoms with Crippen molar-refractivity contribution < 1.29 is 14.6 Å². The van der Waals surface area contributed by atoms with E-state index in [4.69, 9.17) is 16.3 Å². The van der Waals surface area contributed by atoms with Crippen molar-refractivity contribution in [1.29, 1.82) is 0 Å². The molecule has 1 aromatic carbocycles. The molecule has 0 fully saturated rings. The number of ether oxygens (including phenoxy) is 1. The lowest BCUT2D eigenvalue weighted by Crippen LogP contribution is -2.22. The zero-order chi connectivity index (χ0) is 13.5. The average molecular weight is 271 g/mol. The van der Waals surface area contributed by atoms with Gasteiger partial charge in [-0.2, -0.15) is 0 Å². The number of hydrogen-bond donors (Lipinski definition) is 1. The van der Waals surface area contributed by atoms with Crippen LogP contribution in [0.5, 0.6) is 0 Å². The van der Waals surface area contributed by atoms with E-state index in [1.54, 1.807) is 31.2 Å². The van der Waals surface area contributed by atoms with Gasteiger partial charge in [0.05, 0.1) is 0 Å². The van der Waals surface area contributed by atoms with Gasteiger partial charge < -0.3 is 9.84 Å². The molecule has 2 atom stereocenters. The van der Waals surface area contributed by atoms with E-state index >= 15 is 0 Å². The lowest BCUT2D eigenvalue weighted by atomic mass is 10.1. The fourth-order valence-electron chi connectivity index (χ4n) is 1.62. The van der Waals surface area contributed by atoms with Gasteiger partial charge in [-0.1, -0.05) is 43.1 Å². The van der Waals surface area contributed by atoms with Crippen LogP contribution in [-0.4, -0.2) is 17.2 Å². The Morgan fingerprint density at radius 2 is 2.11 bits per heavy atom. The number of rotatable bonds is 6. The summed E-state index contributed by atoms with van der Waals surface area (Å²) in [6.45, 7) is 3.67. The van der Waals surface area contributed by atoms with E-state index in [2.05, 4.69) is 0 Å². The van der Waals surface area contributed by atoms with Crippen molar-refractivity contribution in [2.24, 2.45) is 0 Å². The second-order valence-electron chi connectivity index (χ2n) is 4.26. The van der Waals surface area contributed by atoms with Crippen LogP contribution in [0.15, 0.2) is 24.3 Å². The van der Waals surface area contributed by atoms with E-state index in [9.17, 15) is 9.90 Å². The van der Waals surface area contributed by atoms with Gasteiger partial charge in [-0.15, -0.1) is 0 Å². The molecule has 0 bridgehead atoms. The van der Waals surface area contributed by atoms with Crippen LogP contribution in [0.2, 0.25) is 5.02 Å². The minimum Gasteiger partial charge on any atom is -0.460 e. The first-order valence-corrected chi connectivity index (χ1v) is 6.56. The van der Waals surface area contributed by atoms with E-state index in [-0.39, 0.29) is 5.97 Å². The largest absolute Gasteiger partial charge is 0.460 e. The first-order valence-electron chi connectivity index (χ1n) is 6.18. The summed E-state index contributed by atoms with van der Waals surface area (Å²) in [6, 6.07) is 7.00. The zero-order valence-corrected chi connectivity index (χ0v) is 11.5. The lowest BCUT2D eigenvalue weighted by Gasteiger charge is -2.20. The molecule has 4 heteroatoms. The van der Waals surface area contributed by atoms with Crippen molar-refractivity contribution in [3.8, 4) is 0 Å². The van der Waals surface area contributed by atoms with Gasteiger partial charge in [0.2, 0.25) is 0 Å². The van der Waals surface area contributed by atoms with Crippen LogP contribution in [0.1, 0.15) is 44.8 Å². The molecule has 0 spiro atoms. The summed E-state index contributed by atoms with van der Waals surface area (Å²) in [5, 5.41) is 10.6. The minimum absolute atomic E-state index is 0.282. The molecule has 0 saturated heterocycles. The molecule has 0 saturated carbocycles. The third-order valence-electron chi connectivity index (χ3n) is 2.72. The summed E-state index contributed by atoms with van der Waals surface area (Å²) >= 11 is 5.98. The Morgan fingerprint density at radius 3 is 2.72 bits per heavy atom. The Bertz CT molecular complexity index is 392. The maximum absolute atomic E-state index is 11.5. The molecule has 100 valence electrons. The smallest absolute Gasteiger partial charge is 0.306 e. The third-order valence-corrected chi connectivity index (χ3v) is 3.06. The van der Waals surface area contributed by atoms with E-state index in [1.165, 1.54) is 0 Å². The molecule has 0 radical (unpaired) electrons. The summed E-state index contributed by atoms with van der Waals surface area (Å²) < 4.78 is 5.18. The highest BCUT2D eigenvalue weighted by Crippen LogP contribution is 2.26. The fraction of sp³-hybridized carbons (Fsp3) is 0.500. The predicted octanol–water partition coefficient (Wildman–Crippen LogP) is 3.50. The number of carbonyl (C=O) groups excluding carboxylic acids is 1. The van der Waals surface area contributed by atoms with Crippen LogP contribution in [0, 0.1) is 0 Å². The third kappa shape index (κ3) is 4.31. The Hall–Kier alpha value is -1.06. The van der Waals surface area contributed by atoms with Crippen LogP contribution in [-0.2, 0) is 9.53 Å². The molecule has 0 aliphatic heterocycles. The number of aliphatic hydroxyl groups excluding tert-OH is 1. The van der Waals surface area contributed by atoms with Crippen LogP contribution >= 0.6 is 11.6 Å². The molecule has 0 aliphatic rings. The molecule has 3 nitrogen and oxygen atoms in total. The highest BCUT2D eigenvalue weighted by molar-refractivity contribution is 6.31. The Balaban J connectivity index is 2.59.